The number of ether oxygens (including phenoxy) is 2. The normalized spacial score (nSPS) is 11.2. The van der Waals surface area contributed by atoms with E-state index in [9.17, 15) is 19.2 Å². The third-order valence-corrected chi connectivity index (χ3v) is 4.73. The van der Waals surface area contributed by atoms with E-state index in [1.54, 1.807) is 24.3 Å². The molecule has 2 aromatic rings. The quantitative estimate of drug-likeness (QED) is 0.412. The summed E-state index contributed by atoms with van der Waals surface area (Å²) in [6, 6.07) is 16.7. The number of Topliss-reactive ketones (excluding diaryl/α,β-unsaturated/α-hetero) is 1. The summed E-state index contributed by atoms with van der Waals surface area (Å²) in [6.07, 6.45) is -1.60. The van der Waals surface area contributed by atoms with E-state index in [1.165, 1.54) is 11.8 Å². The summed E-state index contributed by atoms with van der Waals surface area (Å²) in [5.41, 5.74) is 0.735. The number of hydrogen-bond donors (Lipinski definition) is 2. The molecule has 0 spiro atoms. The summed E-state index contributed by atoms with van der Waals surface area (Å²) in [4.78, 5) is 47.9. The molecule has 1 atom stereocenters. The molecule has 158 valence electrons. The van der Waals surface area contributed by atoms with Gasteiger partial charge < -0.3 is 19.9 Å². The van der Waals surface area contributed by atoms with Crippen LogP contribution in [0, 0.1) is 0 Å². The maximum atomic E-state index is 12.2. The molecule has 0 heterocycles. The predicted molar refractivity (Wildman–Crippen MR) is 109 cm³/mol. The third kappa shape index (κ3) is 8.78. The molecular weight excluding hydrogens is 410 g/mol. The summed E-state index contributed by atoms with van der Waals surface area (Å²) < 4.78 is 9.90. The van der Waals surface area contributed by atoms with Crippen molar-refractivity contribution in [2.45, 2.75) is 24.0 Å². The maximum absolute atomic E-state index is 12.2. The number of carbonyl (C=O) groups is 4. The molecule has 2 aromatic carbocycles. The van der Waals surface area contributed by atoms with Crippen molar-refractivity contribution in [1.82, 2.24) is 5.32 Å². The van der Waals surface area contributed by atoms with Crippen LogP contribution < -0.4 is 5.32 Å². The molecule has 0 fully saturated rings. The lowest BCUT2D eigenvalue weighted by Crippen LogP contribution is -2.44. The van der Waals surface area contributed by atoms with E-state index >= 15 is 0 Å². The number of carboxylic acid groups (broad SMARTS) is 1. The number of thioether (sulfide) groups is 1. The van der Waals surface area contributed by atoms with Crippen molar-refractivity contribution in [3.05, 3.63) is 66.2 Å². The van der Waals surface area contributed by atoms with Crippen LogP contribution in [0.3, 0.4) is 0 Å². The maximum Gasteiger partial charge on any atom is 0.408 e. The smallest absolute Gasteiger partial charge is 0.408 e. The topological polar surface area (TPSA) is 119 Å². The molecule has 0 saturated heterocycles. The summed E-state index contributed by atoms with van der Waals surface area (Å²) in [6.45, 7) is -0.683. The first-order chi connectivity index (χ1) is 14.4. The van der Waals surface area contributed by atoms with E-state index in [4.69, 9.17) is 14.6 Å². The van der Waals surface area contributed by atoms with Crippen LogP contribution >= 0.6 is 11.8 Å². The van der Waals surface area contributed by atoms with Crippen molar-refractivity contribution in [3.63, 3.8) is 0 Å². The summed E-state index contributed by atoms with van der Waals surface area (Å²) in [7, 11) is 0. The van der Waals surface area contributed by atoms with Crippen LogP contribution in [0.15, 0.2) is 65.6 Å². The number of hydrogen-bond acceptors (Lipinski definition) is 7. The highest BCUT2D eigenvalue weighted by Crippen LogP contribution is 2.16. The molecule has 0 aliphatic rings. The molecule has 0 aromatic heterocycles. The Morgan fingerprint density at radius 1 is 0.933 bits per heavy atom. The molecular formula is C21H21NO7S. The molecule has 0 aliphatic heterocycles. The third-order valence-electron chi connectivity index (χ3n) is 3.75. The first-order valence-corrected chi connectivity index (χ1v) is 9.98. The molecule has 0 unspecified atom stereocenters. The second kappa shape index (κ2) is 12.3. The number of carboxylic acids is 1. The zero-order valence-corrected chi connectivity index (χ0v) is 16.8. The highest BCUT2D eigenvalue weighted by atomic mass is 32.2. The minimum absolute atomic E-state index is 0.00651. The van der Waals surface area contributed by atoms with Gasteiger partial charge in [0.2, 0.25) is 0 Å². The highest BCUT2D eigenvalue weighted by Gasteiger charge is 2.25. The number of nitrogens with one attached hydrogen (secondary N) is 1. The fourth-order valence-electron chi connectivity index (χ4n) is 2.28. The van der Waals surface area contributed by atoms with Crippen LogP contribution in [0.2, 0.25) is 0 Å². The Hall–Kier alpha value is -3.33. The van der Waals surface area contributed by atoms with Crippen molar-refractivity contribution in [1.29, 1.82) is 0 Å². The van der Waals surface area contributed by atoms with Crippen molar-refractivity contribution in [2.24, 2.45) is 0 Å². The second-order valence-electron chi connectivity index (χ2n) is 6.09. The first kappa shape index (κ1) is 23.0. The number of ketones is 1. The predicted octanol–water partition coefficient (Wildman–Crippen LogP) is 2.66. The van der Waals surface area contributed by atoms with Crippen molar-refractivity contribution in [2.75, 3.05) is 12.4 Å². The fourth-order valence-corrected chi connectivity index (χ4v) is 3.00. The van der Waals surface area contributed by atoms with Gasteiger partial charge in [0.25, 0.3) is 0 Å². The summed E-state index contributed by atoms with van der Waals surface area (Å²) >= 11 is 1.24. The van der Waals surface area contributed by atoms with Gasteiger partial charge in [0, 0.05) is 4.90 Å². The Labute approximate surface area is 177 Å². The van der Waals surface area contributed by atoms with E-state index in [2.05, 4.69) is 5.32 Å². The summed E-state index contributed by atoms with van der Waals surface area (Å²) in [5.74, 6) is -2.67. The zero-order valence-electron chi connectivity index (χ0n) is 16.0. The van der Waals surface area contributed by atoms with Gasteiger partial charge in [-0.2, -0.15) is 0 Å². The van der Waals surface area contributed by atoms with Gasteiger partial charge in [-0.25, -0.2) is 4.79 Å². The molecule has 2 rings (SSSR count). The monoisotopic (exact) mass is 431 g/mol. The number of rotatable bonds is 11. The lowest BCUT2D eigenvalue weighted by Gasteiger charge is -2.16. The number of carbonyl (C=O) groups excluding carboxylic acids is 3. The Morgan fingerprint density at radius 2 is 1.57 bits per heavy atom. The Morgan fingerprint density at radius 3 is 2.20 bits per heavy atom. The van der Waals surface area contributed by atoms with E-state index in [-0.39, 0.29) is 12.4 Å². The first-order valence-electron chi connectivity index (χ1n) is 8.99. The van der Waals surface area contributed by atoms with Crippen LogP contribution in [0.5, 0.6) is 0 Å². The van der Waals surface area contributed by atoms with Crippen molar-refractivity contribution in [3.8, 4) is 0 Å². The highest BCUT2D eigenvalue weighted by molar-refractivity contribution is 8.00. The van der Waals surface area contributed by atoms with Gasteiger partial charge in [-0.15, -0.1) is 11.8 Å². The molecule has 30 heavy (non-hydrogen) atoms. The van der Waals surface area contributed by atoms with Crippen LogP contribution in [0.1, 0.15) is 12.0 Å². The van der Waals surface area contributed by atoms with Gasteiger partial charge in [-0.1, -0.05) is 48.5 Å². The standard InChI is InChI=1S/C21H21NO7S/c23-18(13-28-20(26)14-30-16-9-5-2-6-10-16)17(11-19(24)25)22-21(27)29-12-15-7-3-1-4-8-15/h1-10,17H,11-14H2,(H,22,27)(H,24,25)/t17-/m0/s1. The largest absolute Gasteiger partial charge is 0.481 e. The number of alkyl carbamates (subject to hydrolysis) is 1. The lowest BCUT2D eigenvalue weighted by atomic mass is 10.1. The molecule has 1 amide bonds. The Bertz CT molecular complexity index is 858. The second-order valence-corrected chi connectivity index (χ2v) is 7.13. The summed E-state index contributed by atoms with van der Waals surface area (Å²) in [5, 5.41) is 11.2. The molecule has 9 heteroatoms. The fraction of sp³-hybridized carbons (Fsp3) is 0.238. The Kier molecular flexibility index (Phi) is 9.39. The van der Waals surface area contributed by atoms with Crippen LogP contribution in [-0.4, -0.2) is 47.3 Å². The number of amides is 1. The van der Waals surface area contributed by atoms with Crippen molar-refractivity contribution >= 4 is 35.6 Å². The molecule has 2 N–H and O–H groups in total. The number of benzene rings is 2. The van der Waals surface area contributed by atoms with Gasteiger partial charge in [-0.05, 0) is 17.7 Å². The van der Waals surface area contributed by atoms with Gasteiger partial charge in [0.05, 0.1) is 12.2 Å². The van der Waals surface area contributed by atoms with E-state index in [0.29, 0.717) is 0 Å². The molecule has 0 aliphatic carbocycles. The Balaban J connectivity index is 1.79. The SMILES string of the molecule is O=C(O)C[C@H](NC(=O)OCc1ccccc1)C(=O)COC(=O)CSc1ccccc1. The van der Waals surface area contributed by atoms with E-state index in [0.717, 1.165) is 10.5 Å². The van der Waals surface area contributed by atoms with Gasteiger partial charge in [-0.3, -0.25) is 14.4 Å². The minimum atomic E-state index is -1.37. The van der Waals surface area contributed by atoms with E-state index in [1.807, 2.05) is 36.4 Å². The minimum Gasteiger partial charge on any atom is -0.481 e. The average molecular weight is 431 g/mol. The van der Waals surface area contributed by atoms with Gasteiger partial charge >= 0.3 is 18.0 Å². The van der Waals surface area contributed by atoms with Crippen LogP contribution in [0.4, 0.5) is 4.79 Å². The number of aliphatic carboxylic acids is 1. The van der Waals surface area contributed by atoms with Crippen molar-refractivity contribution < 1.29 is 33.8 Å². The molecule has 0 bridgehead atoms. The van der Waals surface area contributed by atoms with Gasteiger partial charge in [0.15, 0.2) is 12.4 Å². The molecule has 0 saturated carbocycles. The van der Waals surface area contributed by atoms with Gasteiger partial charge in [0.1, 0.15) is 12.6 Å². The molecule has 0 radical (unpaired) electrons. The lowest BCUT2D eigenvalue weighted by molar-refractivity contribution is -0.146. The number of esters is 1. The van der Waals surface area contributed by atoms with Crippen LogP contribution in [0.25, 0.3) is 0 Å². The van der Waals surface area contributed by atoms with Crippen LogP contribution in [-0.2, 0) is 30.5 Å². The van der Waals surface area contributed by atoms with E-state index < -0.39 is 42.9 Å². The zero-order chi connectivity index (χ0) is 21.8. The molecule has 8 nitrogen and oxygen atoms in total. The average Bonchev–Trinajstić information content (AvgIpc) is 2.75.